The van der Waals surface area contributed by atoms with Crippen LogP contribution >= 0.6 is 0 Å². The van der Waals surface area contributed by atoms with Gasteiger partial charge in [-0.2, -0.15) is 4.98 Å². The van der Waals surface area contributed by atoms with Gasteiger partial charge in [0.25, 0.3) is 0 Å². The molecule has 1 aliphatic heterocycles. The van der Waals surface area contributed by atoms with E-state index in [1.807, 2.05) is 38.1 Å². The molecule has 1 aromatic carbocycles. The van der Waals surface area contributed by atoms with E-state index in [2.05, 4.69) is 15.0 Å². The van der Waals surface area contributed by atoms with Gasteiger partial charge in [0.2, 0.25) is 5.79 Å². The summed E-state index contributed by atoms with van der Waals surface area (Å²) >= 11 is -1.34. The second-order valence-corrected chi connectivity index (χ2v) is 8.05. The fourth-order valence-corrected chi connectivity index (χ4v) is 4.26. The Hall–Kier alpha value is -2.13. The number of aromatic amines is 1. The maximum Gasteiger partial charge on any atom is 0.322 e. The summed E-state index contributed by atoms with van der Waals surface area (Å²) in [5.74, 6) is 0.264. The van der Waals surface area contributed by atoms with Crippen LogP contribution in [0.5, 0.6) is 5.75 Å². The van der Waals surface area contributed by atoms with Crippen LogP contribution in [0.4, 0.5) is 0 Å². The van der Waals surface area contributed by atoms with E-state index >= 15 is 0 Å². The summed E-state index contributed by atoms with van der Waals surface area (Å²) in [6, 6.07) is 9.43. The third kappa shape index (κ3) is 3.86. The third-order valence-electron chi connectivity index (χ3n) is 4.91. The van der Waals surface area contributed by atoms with E-state index in [4.69, 9.17) is 14.2 Å². The zero-order valence-corrected chi connectivity index (χ0v) is 16.8. The molecule has 28 heavy (non-hydrogen) atoms. The minimum absolute atomic E-state index is 0.259. The van der Waals surface area contributed by atoms with Crippen molar-refractivity contribution < 1.29 is 18.8 Å². The SMILES string of the molecule is CCC1(COc2ccnc(C[S+]([O-])c3nc4ccccc4[nH]3)c2C)OCCO1. The molecule has 0 saturated carbocycles. The molecule has 0 radical (unpaired) electrons. The number of pyridine rings is 1. The van der Waals surface area contributed by atoms with Gasteiger partial charge in [0.1, 0.15) is 12.4 Å². The second-order valence-electron chi connectivity index (χ2n) is 6.68. The van der Waals surface area contributed by atoms with Gasteiger partial charge in [0.05, 0.1) is 29.9 Å². The molecule has 1 unspecified atom stereocenters. The molecule has 1 atom stereocenters. The number of fused-ring (bicyclic) bond motifs is 1. The van der Waals surface area contributed by atoms with Crippen molar-refractivity contribution in [1.82, 2.24) is 15.0 Å². The first-order valence-electron chi connectivity index (χ1n) is 9.28. The normalized spacial score (nSPS) is 17.1. The van der Waals surface area contributed by atoms with E-state index in [1.54, 1.807) is 12.3 Å². The Kier molecular flexibility index (Phi) is 5.54. The predicted molar refractivity (Wildman–Crippen MR) is 106 cm³/mol. The van der Waals surface area contributed by atoms with Crippen molar-refractivity contribution in [3.63, 3.8) is 0 Å². The first kappa shape index (κ1) is 19.2. The number of ether oxygens (including phenoxy) is 3. The number of imidazole rings is 1. The lowest BCUT2D eigenvalue weighted by atomic mass is 10.2. The van der Waals surface area contributed by atoms with Crippen molar-refractivity contribution in [1.29, 1.82) is 0 Å². The zero-order valence-electron chi connectivity index (χ0n) is 15.9. The molecule has 8 heteroatoms. The predicted octanol–water partition coefficient (Wildman–Crippen LogP) is 3.11. The Morgan fingerprint density at radius 2 is 2.04 bits per heavy atom. The standard InChI is InChI=1S/C20H23N3O4S/c1-3-20(26-10-11-27-20)13-25-18-8-9-21-17(14(18)2)12-28(24)19-22-15-6-4-5-7-16(15)23-19/h4-9H,3,10-13H2,1-2H3,(H,22,23). The number of hydrogen-bond donors (Lipinski definition) is 1. The highest BCUT2D eigenvalue weighted by Gasteiger charge is 2.36. The van der Waals surface area contributed by atoms with Crippen LogP contribution in [0.2, 0.25) is 0 Å². The van der Waals surface area contributed by atoms with Crippen molar-refractivity contribution >= 4 is 22.2 Å². The van der Waals surface area contributed by atoms with Gasteiger partial charge in [0.15, 0.2) is 5.75 Å². The lowest BCUT2D eigenvalue weighted by Crippen LogP contribution is -2.36. The number of para-hydroxylation sites is 2. The first-order valence-corrected chi connectivity index (χ1v) is 10.6. The molecule has 0 aliphatic carbocycles. The van der Waals surface area contributed by atoms with Crippen LogP contribution in [-0.2, 0) is 26.4 Å². The van der Waals surface area contributed by atoms with Crippen LogP contribution in [0.25, 0.3) is 11.0 Å². The lowest BCUT2D eigenvalue weighted by Gasteiger charge is -2.26. The zero-order chi connectivity index (χ0) is 19.6. The Morgan fingerprint density at radius 3 is 2.79 bits per heavy atom. The molecular formula is C20H23N3O4S. The quantitative estimate of drug-likeness (QED) is 0.612. The van der Waals surface area contributed by atoms with Gasteiger partial charge in [0, 0.05) is 29.4 Å². The van der Waals surface area contributed by atoms with Crippen LogP contribution in [0.1, 0.15) is 24.6 Å². The second kappa shape index (κ2) is 8.08. The van der Waals surface area contributed by atoms with Crippen LogP contribution < -0.4 is 4.74 Å². The molecular weight excluding hydrogens is 378 g/mol. The maximum absolute atomic E-state index is 12.8. The first-order chi connectivity index (χ1) is 13.6. The molecule has 148 valence electrons. The molecule has 1 saturated heterocycles. The Balaban J connectivity index is 1.48. The summed E-state index contributed by atoms with van der Waals surface area (Å²) in [5, 5.41) is 0.450. The van der Waals surface area contributed by atoms with Crippen molar-refractivity contribution in [2.45, 2.75) is 37.0 Å². The number of nitrogens with one attached hydrogen (secondary N) is 1. The minimum atomic E-state index is -1.34. The number of hydrogen-bond acceptors (Lipinski definition) is 6. The highest BCUT2D eigenvalue weighted by atomic mass is 32.2. The minimum Gasteiger partial charge on any atom is -0.609 e. The molecule has 0 spiro atoms. The van der Waals surface area contributed by atoms with Crippen molar-refractivity contribution in [3.8, 4) is 5.75 Å². The highest BCUT2D eigenvalue weighted by molar-refractivity contribution is 7.90. The molecule has 1 aliphatic rings. The number of H-pyrrole nitrogens is 1. The third-order valence-corrected chi connectivity index (χ3v) is 6.07. The molecule has 1 fully saturated rings. The molecule has 0 bridgehead atoms. The van der Waals surface area contributed by atoms with Gasteiger partial charge in [-0.1, -0.05) is 19.1 Å². The van der Waals surface area contributed by atoms with E-state index in [1.165, 1.54) is 0 Å². The van der Waals surface area contributed by atoms with Gasteiger partial charge < -0.3 is 18.8 Å². The lowest BCUT2D eigenvalue weighted by molar-refractivity contribution is -0.178. The van der Waals surface area contributed by atoms with Crippen LogP contribution in [0.15, 0.2) is 41.7 Å². The Morgan fingerprint density at radius 1 is 1.25 bits per heavy atom. The highest BCUT2D eigenvalue weighted by Crippen LogP contribution is 2.28. The smallest absolute Gasteiger partial charge is 0.322 e. The van der Waals surface area contributed by atoms with E-state index in [9.17, 15) is 4.55 Å². The van der Waals surface area contributed by atoms with E-state index in [0.29, 0.717) is 37.1 Å². The molecule has 0 amide bonds. The molecule has 3 heterocycles. The summed E-state index contributed by atoms with van der Waals surface area (Å²) < 4.78 is 30.2. The fraction of sp³-hybridized carbons (Fsp3) is 0.400. The largest absolute Gasteiger partial charge is 0.609 e. The summed E-state index contributed by atoms with van der Waals surface area (Å²) in [7, 11) is 0. The van der Waals surface area contributed by atoms with Gasteiger partial charge in [-0.05, 0) is 25.1 Å². The topological polar surface area (TPSA) is 92.3 Å². The average molecular weight is 401 g/mol. The van der Waals surface area contributed by atoms with E-state index in [-0.39, 0.29) is 5.75 Å². The molecule has 7 nitrogen and oxygen atoms in total. The van der Waals surface area contributed by atoms with Crippen LogP contribution in [0, 0.1) is 6.92 Å². The van der Waals surface area contributed by atoms with Gasteiger partial charge in [-0.3, -0.25) is 9.97 Å². The number of benzene rings is 1. The maximum atomic E-state index is 12.8. The Bertz CT molecular complexity index is 923. The van der Waals surface area contributed by atoms with E-state index in [0.717, 1.165) is 22.3 Å². The van der Waals surface area contributed by atoms with Crippen molar-refractivity contribution in [3.05, 3.63) is 47.8 Å². The van der Waals surface area contributed by atoms with Gasteiger partial charge >= 0.3 is 5.16 Å². The summed E-state index contributed by atoms with van der Waals surface area (Å²) in [6.45, 7) is 5.39. The monoisotopic (exact) mass is 401 g/mol. The molecule has 2 aromatic heterocycles. The summed E-state index contributed by atoms with van der Waals surface area (Å²) in [4.78, 5) is 11.9. The molecule has 3 aromatic rings. The van der Waals surface area contributed by atoms with Crippen LogP contribution in [0.3, 0.4) is 0 Å². The average Bonchev–Trinajstić information content (AvgIpc) is 3.36. The molecule has 1 N–H and O–H groups in total. The number of nitrogens with zero attached hydrogens (tertiary/aromatic N) is 2. The fourth-order valence-electron chi connectivity index (χ4n) is 3.16. The summed E-state index contributed by atoms with van der Waals surface area (Å²) in [6.07, 6.45) is 2.38. The van der Waals surface area contributed by atoms with Gasteiger partial charge in [-0.25, -0.2) is 0 Å². The van der Waals surface area contributed by atoms with Crippen LogP contribution in [-0.4, -0.2) is 45.1 Å². The van der Waals surface area contributed by atoms with Gasteiger partial charge in [-0.15, -0.1) is 0 Å². The Labute approximate surface area is 166 Å². The number of rotatable bonds is 7. The molecule has 4 rings (SSSR count). The summed E-state index contributed by atoms with van der Waals surface area (Å²) in [5.41, 5.74) is 3.24. The number of aromatic nitrogens is 3. The van der Waals surface area contributed by atoms with E-state index < -0.39 is 17.0 Å². The van der Waals surface area contributed by atoms with Crippen molar-refractivity contribution in [2.24, 2.45) is 0 Å². The van der Waals surface area contributed by atoms with Crippen molar-refractivity contribution in [2.75, 3.05) is 19.8 Å².